The van der Waals surface area contributed by atoms with E-state index in [4.69, 9.17) is 5.73 Å². The van der Waals surface area contributed by atoms with Crippen LogP contribution in [0.5, 0.6) is 0 Å². The van der Waals surface area contributed by atoms with Gasteiger partial charge in [-0.05, 0) is 0 Å². The van der Waals surface area contributed by atoms with Gasteiger partial charge in [-0.25, -0.2) is 4.98 Å². The molecule has 0 spiro atoms. The number of nitrogens with two attached hydrogens (primary N) is 1. The van der Waals surface area contributed by atoms with Crippen LogP contribution >= 0.6 is 11.3 Å². The number of rotatable bonds is 3. The normalized spacial score (nSPS) is 10.2. The fourth-order valence-electron chi connectivity index (χ4n) is 1.25. The summed E-state index contributed by atoms with van der Waals surface area (Å²) in [5.41, 5.74) is 6.58. The van der Waals surface area contributed by atoms with Gasteiger partial charge in [0.1, 0.15) is 10.7 Å². The fraction of sp³-hybridized carbons (Fsp3) is 0.0909. The maximum atomic E-state index is 11.9. The van der Waals surface area contributed by atoms with Gasteiger partial charge in [-0.15, -0.1) is 11.3 Å². The van der Waals surface area contributed by atoms with Crippen LogP contribution < -0.4 is 5.73 Å². The van der Waals surface area contributed by atoms with Crippen LogP contribution in [0.3, 0.4) is 0 Å². The molecule has 2 aromatic rings. The van der Waals surface area contributed by atoms with Gasteiger partial charge in [0.25, 0.3) is 0 Å². The Bertz CT molecular complexity index is 464. The number of benzene rings is 1. The SMILES string of the molecule is NCc1nc(C(=O)c2ccccc2)cs1. The van der Waals surface area contributed by atoms with Crippen LogP contribution in [0.15, 0.2) is 35.7 Å². The molecule has 1 heterocycles. The zero-order chi connectivity index (χ0) is 10.7. The highest BCUT2D eigenvalue weighted by atomic mass is 32.1. The second kappa shape index (κ2) is 4.33. The van der Waals surface area contributed by atoms with Crippen LogP contribution in [0.1, 0.15) is 21.1 Å². The molecule has 4 heteroatoms. The van der Waals surface area contributed by atoms with E-state index in [9.17, 15) is 4.79 Å². The third kappa shape index (κ3) is 2.11. The first-order valence-electron chi connectivity index (χ1n) is 4.55. The number of ketones is 1. The summed E-state index contributed by atoms with van der Waals surface area (Å²) < 4.78 is 0. The van der Waals surface area contributed by atoms with Gasteiger partial charge in [0.15, 0.2) is 0 Å². The van der Waals surface area contributed by atoms with Crippen molar-refractivity contribution in [1.82, 2.24) is 4.98 Å². The molecule has 0 fully saturated rings. The van der Waals surface area contributed by atoms with E-state index in [0.29, 0.717) is 17.8 Å². The molecule has 0 aliphatic heterocycles. The lowest BCUT2D eigenvalue weighted by Crippen LogP contribution is -2.02. The van der Waals surface area contributed by atoms with E-state index in [1.54, 1.807) is 17.5 Å². The van der Waals surface area contributed by atoms with Crippen molar-refractivity contribution >= 4 is 17.1 Å². The molecule has 15 heavy (non-hydrogen) atoms. The summed E-state index contributed by atoms with van der Waals surface area (Å²) in [6.45, 7) is 0.382. The van der Waals surface area contributed by atoms with E-state index in [0.717, 1.165) is 5.01 Å². The number of carbonyl (C=O) groups is 1. The molecule has 0 aliphatic carbocycles. The molecule has 1 aromatic carbocycles. The minimum atomic E-state index is -0.0495. The summed E-state index contributed by atoms with van der Waals surface area (Å²) in [5.74, 6) is -0.0495. The third-order valence-electron chi connectivity index (χ3n) is 1.99. The van der Waals surface area contributed by atoms with Crippen molar-refractivity contribution in [3.05, 3.63) is 52.0 Å². The van der Waals surface area contributed by atoms with Gasteiger partial charge in [0, 0.05) is 17.5 Å². The third-order valence-corrected chi connectivity index (χ3v) is 2.87. The Morgan fingerprint density at radius 3 is 2.67 bits per heavy atom. The number of thiazole rings is 1. The van der Waals surface area contributed by atoms with E-state index in [-0.39, 0.29) is 5.78 Å². The molecule has 0 bridgehead atoms. The van der Waals surface area contributed by atoms with Crippen molar-refractivity contribution in [1.29, 1.82) is 0 Å². The number of carbonyl (C=O) groups excluding carboxylic acids is 1. The van der Waals surface area contributed by atoms with Gasteiger partial charge < -0.3 is 5.73 Å². The van der Waals surface area contributed by atoms with Crippen molar-refractivity contribution < 1.29 is 4.79 Å². The second-order valence-corrected chi connectivity index (χ2v) is 3.97. The first kappa shape index (κ1) is 10.0. The summed E-state index contributed by atoms with van der Waals surface area (Å²) in [6.07, 6.45) is 0. The Morgan fingerprint density at radius 2 is 2.07 bits per heavy atom. The average Bonchev–Trinajstić information content (AvgIpc) is 2.78. The van der Waals surface area contributed by atoms with Gasteiger partial charge >= 0.3 is 0 Å². The maximum Gasteiger partial charge on any atom is 0.212 e. The first-order chi connectivity index (χ1) is 7.31. The van der Waals surface area contributed by atoms with Crippen molar-refractivity contribution in [3.63, 3.8) is 0 Å². The van der Waals surface area contributed by atoms with E-state index < -0.39 is 0 Å². The number of hydrogen-bond donors (Lipinski definition) is 1. The molecule has 0 saturated heterocycles. The van der Waals surface area contributed by atoms with Gasteiger partial charge in [-0.2, -0.15) is 0 Å². The summed E-state index contributed by atoms with van der Waals surface area (Å²) in [6, 6.07) is 9.11. The molecule has 2 N–H and O–H groups in total. The monoisotopic (exact) mass is 218 g/mol. The smallest absolute Gasteiger partial charge is 0.212 e. The Labute approximate surface area is 91.6 Å². The lowest BCUT2D eigenvalue weighted by Gasteiger charge is -1.95. The van der Waals surface area contributed by atoms with Crippen molar-refractivity contribution in [3.8, 4) is 0 Å². The predicted octanol–water partition coefficient (Wildman–Crippen LogP) is 1.83. The molecule has 0 amide bonds. The van der Waals surface area contributed by atoms with Gasteiger partial charge in [0.05, 0.1) is 0 Å². The van der Waals surface area contributed by atoms with E-state index >= 15 is 0 Å². The van der Waals surface area contributed by atoms with Crippen LogP contribution in [0.4, 0.5) is 0 Å². The highest BCUT2D eigenvalue weighted by molar-refractivity contribution is 7.09. The maximum absolute atomic E-state index is 11.9. The molecule has 0 radical (unpaired) electrons. The van der Waals surface area contributed by atoms with Crippen LogP contribution in [0.25, 0.3) is 0 Å². The lowest BCUT2D eigenvalue weighted by atomic mass is 10.1. The Kier molecular flexibility index (Phi) is 2.89. The van der Waals surface area contributed by atoms with Crippen molar-refractivity contribution in [2.75, 3.05) is 0 Å². The minimum absolute atomic E-state index is 0.0495. The highest BCUT2D eigenvalue weighted by Crippen LogP contribution is 2.13. The molecule has 2 rings (SSSR count). The van der Waals surface area contributed by atoms with Crippen LogP contribution in [0, 0.1) is 0 Å². The van der Waals surface area contributed by atoms with Crippen molar-refractivity contribution in [2.24, 2.45) is 5.73 Å². The van der Waals surface area contributed by atoms with E-state index in [2.05, 4.69) is 4.98 Å². The number of aromatic nitrogens is 1. The van der Waals surface area contributed by atoms with E-state index in [1.807, 2.05) is 18.2 Å². The zero-order valence-electron chi connectivity index (χ0n) is 8.01. The standard InChI is InChI=1S/C11H10N2OS/c12-6-10-13-9(7-15-10)11(14)8-4-2-1-3-5-8/h1-5,7H,6,12H2. The largest absolute Gasteiger partial charge is 0.325 e. The lowest BCUT2D eigenvalue weighted by molar-refractivity contribution is 0.103. The Morgan fingerprint density at radius 1 is 1.33 bits per heavy atom. The van der Waals surface area contributed by atoms with Gasteiger partial charge in [0.2, 0.25) is 5.78 Å². The van der Waals surface area contributed by atoms with Crippen LogP contribution in [-0.2, 0) is 6.54 Å². The first-order valence-corrected chi connectivity index (χ1v) is 5.43. The molecule has 3 nitrogen and oxygen atoms in total. The molecular formula is C11H10N2OS. The van der Waals surface area contributed by atoms with Crippen LogP contribution in [-0.4, -0.2) is 10.8 Å². The number of hydrogen-bond acceptors (Lipinski definition) is 4. The summed E-state index contributed by atoms with van der Waals surface area (Å²) in [5, 5.41) is 2.53. The topological polar surface area (TPSA) is 56.0 Å². The second-order valence-electron chi connectivity index (χ2n) is 3.03. The fourth-order valence-corrected chi connectivity index (χ4v) is 1.90. The highest BCUT2D eigenvalue weighted by Gasteiger charge is 2.11. The molecule has 0 saturated carbocycles. The molecule has 76 valence electrons. The van der Waals surface area contributed by atoms with Crippen molar-refractivity contribution in [2.45, 2.75) is 6.54 Å². The van der Waals surface area contributed by atoms with Gasteiger partial charge in [-0.3, -0.25) is 4.79 Å². The van der Waals surface area contributed by atoms with Gasteiger partial charge in [-0.1, -0.05) is 30.3 Å². The summed E-state index contributed by atoms with van der Waals surface area (Å²) in [7, 11) is 0. The molecular weight excluding hydrogens is 208 g/mol. The number of nitrogens with zero attached hydrogens (tertiary/aromatic N) is 1. The van der Waals surface area contributed by atoms with Crippen LogP contribution in [0.2, 0.25) is 0 Å². The minimum Gasteiger partial charge on any atom is -0.325 e. The molecule has 1 aromatic heterocycles. The molecule has 0 aliphatic rings. The Hall–Kier alpha value is -1.52. The summed E-state index contributed by atoms with van der Waals surface area (Å²) in [4.78, 5) is 16.0. The molecule has 0 atom stereocenters. The quantitative estimate of drug-likeness (QED) is 0.800. The zero-order valence-corrected chi connectivity index (χ0v) is 8.83. The summed E-state index contributed by atoms with van der Waals surface area (Å²) >= 11 is 1.42. The predicted molar refractivity (Wildman–Crippen MR) is 59.9 cm³/mol. The van der Waals surface area contributed by atoms with E-state index in [1.165, 1.54) is 11.3 Å². The average molecular weight is 218 g/mol. The Balaban J connectivity index is 2.29. The molecule has 0 unspecified atom stereocenters.